The second kappa shape index (κ2) is 11.6. The molecule has 5 rings (SSSR count). The number of anilines is 1. The number of piperidine rings is 1. The number of rotatable bonds is 6. The number of fused-ring (bicyclic) bond motifs is 1. The molecule has 3 aromatic carbocycles. The summed E-state index contributed by atoms with van der Waals surface area (Å²) >= 11 is 0. The van der Waals surface area contributed by atoms with Gasteiger partial charge in [-0.15, -0.1) is 5.10 Å². The second-order valence-electron chi connectivity index (χ2n) is 11.1. The molecule has 1 aromatic heterocycles. The van der Waals surface area contributed by atoms with Crippen molar-refractivity contribution in [2.45, 2.75) is 45.3 Å². The Hall–Kier alpha value is -4.44. The van der Waals surface area contributed by atoms with Crippen LogP contribution in [0.1, 0.15) is 44.0 Å². The fraction of sp³-hybridized carbons (Fsp3) is 0.323. The third-order valence-electron chi connectivity index (χ3n) is 6.60. The highest BCUT2D eigenvalue weighted by molar-refractivity contribution is 6.09. The minimum absolute atomic E-state index is 0.0342. The van der Waals surface area contributed by atoms with E-state index < -0.39 is 23.4 Å². The van der Waals surface area contributed by atoms with Gasteiger partial charge in [0.05, 0.1) is 5.52 Å². The smallest absolute Gasteiger partial charge is 0.435 e. The van der Waals surface area contributed by atoms with Crippen LogP contribution in [0.3, 0.4) is 0 Å². The van der Waals surface area contributed by atoms with Gasteiger partial charge in [-0.3, -0.25) is 4.79 Å². The normalized spacial score (nSPS) is 14.6. The molecule has 0 saturated carbocycles. The molecule has 10 heteroatoms. The van der Waals surface area contributed by atoms with Crippen molar-refractivity contribution in [1.82, 2.24) is 14.7 Å². The molecule has 1 amide bonds. The molecule has 214 valence electrons. The number of carbonyl (C=O) groups is 2. The number of hydrogen-bond donors (Lipinski definition) is 1. The SMILES string of the molecule is CN1CCC(Oc2ccc(C(=O)Nc3nn(C(=O)OC(C)(C)C)c4cc(Oc5ccccc5F)ccc34)cc2)CC1. The summed E-state index contributed by atoms with van der Waals surface area (Å²) in [5.41, 5.74) is -0.0531. The van der Waals surface area contributed by atoms with E-state index in [-0.39, 0.29) is 23.4 Å². The zero-order valence-electron chi connectivity index (χ0n) is 23.5. The third-order valence-corrected chi connectivity index (χ3v) is 6.60. The van der Waals surface area contributed by atoms with Crippen LogP contribution in [0.5, 0.6) is 17.2 Å². The van der Waals surface area contributed by atoms with Crippen LogP contribution in [-0.4, -0.2) is 58.5 Å². The van der Waals surface area contributed by atoms with Gasteiger partial charge in [-0.05, 0) is 89.2 Å². The van der Waals surface area contributed by atoms with E-state index in [0.29, 0.717) is 22.2 Å². The standard InChI is InChI=1S/C31H33FN4O5/c1-31(2,3)41-30(38)36-26-19-23(40-27-8-6-5-7-25(27)32)13-14-24(26)28(34-36)33-29(37)20-9-11-21(12-10-20)39-22-15-17-35(4)18-16-22/h5-14,19,22H,15-18H2,1-4H3,(H,33,34,37). The summed E-state index contributed by atoms with van der Waals surface area (Å²) in [6.45, 7) is 7.21. The van der Waals surface area contributed by atoms with E-state index in [2.05, 4.69) is 22.4 Å². The summed E-state index contributed by atoms with van der Waals surface area (Å²) in [6.07, 6.45) is 1.33. The molecule has 1 saturated heterocycles. The molecule has 0 aliphatic carbocycles. The first-order chi connectivity index (χ1) is 19.6. The zero-order chi connectivity index (χ0) is 29.1. The number of para-hydroxylation sites is 1. The van der Waals surface area contributed by atoms with E-state index in [1.54, 1.807) is 75.4 Å². The van der Waals surface area contributed by atoms with Crippen LogP contribution in [0.4, 0.5) is 15.0 Å². The van der Waals surface area contributed by atoms with E-state index in [0.717, 1.165) is 30.6 Å². The van der Waals surface area contributed by atoms with Gasteiger partial charge in [-0.25, -0.2) is 9.18 Å². The molecule has 0 unspecified atom stereocenters. The molecule has 1 aliphatic heterocycles. The molecule has 0 radical (unpaired) electrons. The van der Waals surface area contributed by atoms with Crippen LogP contribution in [0.25, 0.3) is 10.9 Å². The minimum Gasteiger partial charge on any atom is -0.490 e. The van der Waals surface area contributed by atoms with Crippen LogP contribution < -0.4 is 14.8 Å². The predicted molar refractivity (Wildman–Crippen MR) is 153 cm³/mol. The van der Waals surface area contributed by atoms with Crippen molar-refractivity contribution >= 4 is 28.7 Å². The maximum atomic E-state index is 14.2. The lowest BCUT2D eigenvalue weighted by molar-refractivity contribution is 0.0522. The molecule has 0 bridgehead atoms. The van der Waals surface area contributed by atoms with Crippen LogP contribution in [0, 0.1) is 5.82 Å². The molecular weight excluding hydrogens is 527 g/mol. The highest BCUT2D eigenvalue weighted by Crippen LogP contribution is 2.31. The monoisotopic (exact) mass is 560 g/mol. The molecule has 41 heavy (non-hydrogen) atoms. The van der Waals surface area contributed by atoms with Crippen molar-refractivity contribution in [3.8, 4) is 17.2 Å². The van der Waals surface area contributed by atoms with Gasteiger partial charge in [0, 0.05) is 30.1 Å². The Morgan fingerprint density at radius 2 is 1.66 bits per heavy atom. The van der Waals surface area contributed by atoms with E-state index in [1.165, 1.54) is 12.1 Å². The number of ether oxygens (including phenoxy) is 3. The number of halogens is 1. The van der Waals surface area contributed by atoms with Gasteiger partial charge in [0.1, 0.15) is 23.2 Å². The zero-order valence-corrected chi connectivity index (χ0v) is 23.5. The highest BCUT2D eigenvalue weighted by atomic mass is 19.1. The quantitative estimate of drug-likeness (QED) is 0.289. The molecule has 1 aliphatic rings. The number of hydrogen-bond acceptors (Lipinski definition) is 7. The average molecular weight is 561 g/mol. The Morgan fingerprint density at radius 1 is 0.976 bits per heavy atom. The fourth-order valence-corrected chi connectivity index (χ4v) is 4.51. The number of nitrogens with zero attached hydrogens (tertiary/aromatic N) is 3. The first-order valence-electron chi connectivity index (χ1n) is 13.5. The van der Waals surface area contributed by atoms with Gasteiger partial charge < -0.3 is 24.4 Å². The number of benzene rings is 3. The lowest BCUT2D eigenvalue weighted by Crippen LogP contribution is -2.35. The Morgan fingerprint density at radius 3 is 2.34 bits per heavy atom. The topological polar surface area (TPSA) is 94.9 Å². The van der Waals surface area contributed by atoms with Gasteiger partial charge >= 0.3 is 6.09 Å². The first-order valence-corrected chi connectivity index (χ1v) is 13.5. The first kappa shape index (κ1) is 28.1. The molecule has 9 nitrogen and oxygen atoms in total. The van der Waals surface area contributed by atoms with Crippen molar-refractivity contribution in [3.05, 3.63) is 78.1 Å². The number of carbonyl (C=O) groups excluding carboxylic acids is 2. The number of nitrogens with one attached hydrogen (secondary N) is 1. The summed E-state index contributed by atoms with van der Waals surface area (Å²) in [4.78, 5) is 28.5. The Bertz CT molecular complexity index is 1550. The summed E-state index contributed by atoms with van der Waals surface area (Å²) in [7, 11) is 2.10. The van der Waals surface area contributed by atoms with Gasteiger partial charge in [0.15, 0.2) is 17.4 Å². The molecule has 0 atom stereocenters. The number of likely N-dealkylation sites (tertiary alicyclic amines) is 1. The van der Waals surface area contributed by atoms with Crippen LogP contribution in [0.2, 0.25) is 0 Å². The van der Waals surface area contributed by atoms with Crippen molar-refractivity contribution in [3.63, 3.8) is 0 Å². The molecular formula is C31H33FN4O5. The molecule has 1 N–H and O–H groups in total. The van der Waals surface area contributed by atoms with Crippen molar-refractivity contribution in [1.29, 1.82) is 0 Å². The predicted octanol–water partition coefficient (Wildman–Crippen LogP) is 6.48. The Labute approximate surface area is 237 Å². The van der Waals surface area contributed by atoms with Gasteiger partial charge in [-0.1, -0.05) is 12.1 Å². The van der Waals surface area contributed by atoms with Crippen LogP contribution >= 0.6 is 0 Å². The summed E-state index contributed by atoms with van der Waals surface area (Å²) in [6, 6.07) is 17.7. The van der Waals surface area contributed by atoms with Crippen LogP contribution in [0.15, 0.2) is 66.7 Å². The molecule has 2 heterocycles. The summed E-state index contributed by atoms with van der Waals surface area (Å²) < 4.78 is 32.6. The van der Waals surface area contributed by atoms with Crippen molar-refractivity contribution < 1.29 is 28.2 Å². The highest BCUT2D eigenvalue weighted by Gasteiger charge is 2.24. The van der Waals surface area contributed by atoms with Gasteiger partial charge in [-0.2, -0.15) is 4.68 Å². The van der Waals surface area contributed by atoms with E-state index >= 15 is 0 Å². The minimum atomic E-state index is -0.780. The van der Waals surface area contributed by atoms with Gasteiger partial charge in [0.25, 0.3) is 5.91 Å². The lowest BCUT2D eigenvalue weighted by Gasteiger charge is -2.29. The molecule has 0 spiro atoms. The molecule has 1 fully saturated rings. The fourth-order valence-electron chi connectivity index (χ4n) is 4.51. The largest absolute Gasteiger partial charge is 0.490 e. The maximum absolute atomic E-state index is 14.2. The van der Waals surface area contributed by atoms with E-state index in [4.69, 9.17) is 14.2 Å². The van der Waals surface area contributed by atoms with Crippen molar-refractivity contribution in [2.24, 2.45) is 0 Å². The maximum Gasteiger partial charge on any atom is 0.435 e. The molecule has 4 aromatic rings. The number of aromatic nitrogens is 2. The number of amides is 1. The van der Waals surface area contributed by atoms with Crippen molar-refractivity contribution in [2.75, 3.05) is 25.5 Å². The van der Waals surface area contributed by atoms with Crippen LogP contribution in [-0.2, 0) is 4.74 Å². The average Bonchev–Trinajstić information content (AvgIpc) is 3.28. The third kappa shape index (κ3) is 6.83. The summed E-state index contributed by atoms with van der Waals surface area (Å²) in [5, 5.41) is 7.63. The lowest BCUT2D eigenvalue weighted by atomic mass is 10.1. The van der Waals surface area contributed by atoms with E-state index in [1.807, 2.05) is 0 Å². The Kier molecular flexibility index (Phi) is 7.94. The Balaban J connectivity index is 1.38. The second-order valence-corrected chi connectivity index (χ2v) is 11.1. The summed E-state index contributed by atoms with van der Waals surface area (Å²) in [5.74, 6) is 0.262. The van der Waals surface area contributed by atoms with E-state index in [9.17, 15) is 14.0 Å². The van der Waals surface area contributed by atoms with Gasteiger partial charge in [0.2, 0.25) is 0 Å².